The van der Waals surface area contributed by atoms with Crippen molar-refractivity contribution in [2.75, 3.05) is 0 Å². The lowest BCUT2D eigenvalue weighted by Gasteiger charge is -2.07. The van der Waals surface area contributed by atoms with Crippen molar-refractivity contribution in [2.45, 2.75) is 20.3 Å². The fourth-order valence-electron chi connectivity index (χ4n) is 1.27. The predicted molar refractivity (Wildman–Crippen MR) is 57.4 cm³/mol. The quantitative estimate of drug-likeness (QED) is 0.906. The summed E-state index contributed by atoms with van der Waals surface area (Å²) in [6.07, 6.45) is 2.24. The van der Waals surface area contributed by atoms with Gasteiger partial charge in [0.15, 0.2) is 5.69 Å². The average Bonchev–Trinajstić information content (AvgIpc) is 2.01. The first-order chi connectivity index (χ1) is 6.50. The van der Waals surface area contributed by atoms with Gasteiger partial charge in [-0.3, -0.25) is 0 Å². The van der Waals surface area contributed by atoms with Gasteiger partial charge in [0.25, 0.3) is 0 Å². The summed E-state index contributed by atoms with van der Waals surface area (Å²) >= 11 is 3.28. The summed E-state index contributed by atoms with van der Waals surface area (Å²) in [6, 6.07) is 1.82. The van der Waals surface area contributed by atoms with E-state index in [1.165, 1.54) is 6.20 Å². The zero-order valence-electron chi connectivity index (χ0n) is 8.12. The molecule has 76 valence electrons. The highest BCUT2D eigenvalue weighted by Crippen LogP contribution is 2.17. The third-order valence-corrected chi connectivity index (χ3v) is 2.20. The van der Waals surface area contributed by atoms with Crippen molar-refractivity contribution in [3.8, 4) is 0 Å². The highest BCUT2D eigenvalue weighted by molar-refractivity contribution is 9.10. The number of hydrogen-bond acceptors (Lipinski definition) is 2. The largest absolute Gasteiger partial charge is 0.477 e. The number of carboxylic acids is 1. The van der Waals surface area contributed by atoms with E-state index in [2.05, 4.69) is 20.9 Å². The summed E-state index contributed by atoms with van der Waals surface area (Å²) in [4.78, 5) is 14.7. The molecular formula is C10H12BrNO2. The van der Waals surface area contributed by atoms with Gasteiger partial charge in [-0.05, 0) is 39.9 Å². The van der Waals surface area contributed by atoms with Crippen molar-refractivity contribution >= 4 is 21.9 Å². The van der Waals surface area contributed by atoms with E-state index < -0.39 is 5.97 Å². The smallest absolute Gasteiger partial charge is 0.354 e. The number of aromatic nitrogens is 1. The van der Waals surface area contributed by atoms with Crippen LogP contribution in [0.5, 0.6) is 0 Å². The van der Waals surface area contributed by atoms with Crippen LogP contribution in [0.4, 0.5) is 0 Å². The molecule has 1 aromatic heterocycles. The lowest BCUT2D eigenvalue weighted by molar-refractivity contribution is 0.0689. The van der Waals surface area contributed by atoms with Crippen LogP contribution in [0.25, 0.3) is 0 Å². The van der Waals surface area contributed by atoms with Gasteiger partial charge in [0, 0.05) is 10.7 Å². The van der Waals surface area contributed by atoms with E-state index in [-0.39, 0.29) is 5.69 Å². The summed E-state index contributed by atoms with van der Waals surface area (Å²) < 4.78 is 0.818. The Balaban J connectivity index is 3.09. The van der Waals surface area contributed by atoms with Crippen LogP contribution in [0.2, 0.25) is 0 Å². The zero-order valence-corrected chi connectivity index (χ0v) is 9.71. The molecule has 0 fully saturated rings. The first kappa shape index (κ1) is 11.2. The Morgan fingerprint density at radius 2 is 2.29 bits per heavy atom. The topological polar surface area (TPSA) is 50.2 Å². The number of pyridine rings is 1. The van der Waals surface area contributed by atoms with Crippen LogP contribution in [-0.4, -0.2) is 16.1 Å². The van der Waals surface area contributed by atoms with E-state index in [1.807, 2.05) is 19.9 Å². The SMILES string of the molecule is CC(C)Cc1cc(Br)cnc1C(=O)O. The Kier molecular flexibility index (Phi) is 3.63. The molecule has 1 rings (SSSR count). The number of carbonyl (C=O) groups is 1. The summed E-state index contributed by atoms with van der Waals surface area (Å²) in [5, 5.41) is 8.89. The molecule has 0 unspecified atom stereocenters. The standard InChI is InChI=1S/C10H12BrNO2/c1-6(2)3-7-4-8(11)5-12-9(7)10(13)14/h4-6H,3H2,1-2H3,(H,13,14). The van der Waals surface area contributed by atoms with Crippen LogP contribution in [0.15, 0.2) is 16.7 Å². The highest BCUT2D eigenvalue weighted by atomic mass is 79.9. The molecule has 0 spiro atoms. The Hall–Kier alpha value is -0.900. The van der Waals surface area contributed by atoms with Gasteiger partial charge in [0.05, 0.1) is 0 Å². The molecule has 3 nitrogen and oxygen atoms in total. The molecule has 0 aliphatic rings. The van der Waals surface area contributed by atoms with Gasteiger partial charge in [0.1, 0.15) is 0 Å². The monoisotopic (exact) mass is 257 g/mol. The number of nitrogens with zero attached hydrogens (tertiary/aromatic N) is 1. The molecule has 0 amide bonds. The van der Waals surface area contributed by atoms with Gasteiger partial charge in [-0.1, -0.05) is 13.8 Å². The average molecular weight is 258 g/mol. The van der Waals surface area contributed by atoms with E-state index in [0.29, 0.717) is 5.92 Å². The molecule has 0 atom stereocenters. The van der Waals surface area contributed by atoms with E-state index >= 15 is 0 Å². The summed E-state index contributed by atoms with van der Waals surface area (Å²) in [5.74, 6) is -0.544. The van der Waals surface area contributed by atoms with Crippen LogP contribution in [0, 0.1) is 5.92 Å². The number of aromatic carboxylic acids is 1. The van der Waals surface area contributed by atoms with E-state index in [1.54, 1.807) is 0 Å². The second-order valence-corrected chi connectivity index (χ2v) is 4.48. The first-order valence-electron chi connectivity index (χ1n) is 4.38. The van der Waals surface area contributed by atoms with Gasteiger partial charge in [-0.25, -0.2) is 9.78 Å². The molecule has 0 aliphatic heterocycles. The molecular weight excluding hydrogens is 246 g/mol. The Labute approximate surface area is 91.3 Å². The summed E-state index contributed by atoms with van der Waals surface area (Å²) in [6.45, 7) is 4.10. The Morgan fingerprint density at radius 3 is 2.79 bits per heavy atom. The van der Waals surface area contributed by atoms with Gasteiger partial charge in [0.2, 0.25) is 0 Å². The predicted octanol–water partition coefficient (Wildman–Crippen LogP) is 2.74. The number of rotatable bonds is 3. The van der Waals surface area contributed by atoms with E-state index in [0.717, 1.165) is 16.5 Å². The molecule has 0 aromatic carbocycles. The molecule has 0 radical (unpaired) electrons. The number of hydrogen-bond donors (Lipinski definition) is 1. The van der Waals surface area contributed by atoms with Crippen molar-refractivity contribution < 1.29 is 9.90 Å². The zero-order chi connectivity index (χ0) is 10.7. The minimum Gasteiger partial charge on any atom is -0.477 e. The minimum absolute atomic E-state index is 0.155. The van der Waals surface area contributed by atoms with E-state index in [4.69, 9.17) is 5.11 Å². The number of halogens is 1. The molecule has 1 aromatic rings. The lowest BCUT2D eigenvalue weighted by Crippen LogP contribution is -2.07. The van der Waals surface area contributed by atoms with Crippen molar-refractivity contribution in [2.24, 2.45) is 5.92 Å². The second-order valence-electron chi connectivity index (χ2n) is 3.56. The normalized spacial score (nSPS) is 10.6. The molecule has 14 heavy (non-hydrogen) atoms. The van der Waals surface area contributed by atoms with Crippen molar-refractivity contribution in [3.63, 3.8) is 0 Å². The molecule has 0 saturated carbocycles. The van der Waals surface area contributed by atoms with Gasteiger partial charge in [-0.2, -0.15) is 0 Å². The van der Waals surface area contributed by atoms with Crippen LogP contribution < -0.4 is 0 Å². The van der Waals surface area contributed by atoms with Crippen LogP contribution in [-0.2, 0) is 6.42 Å². The summed E-state index contributed by atoms with van der Waals surface area (Å²) in [5.41, 5.74) is 0.934. The van der Waals surface area contributed by atoms with Gasteiger partial charge >= 0.3 is 5.97 Å². The maximum atomic E-state index is 10.8. The van der Waals surface area contributed by atoms with Crippen LogP contribution in [0.1, 0.15) is 29.9 Å². The highest BCUT2D eigenvalue weighted by Gasteiger charge is 2.12. The fraction of sp³-hybridized carbons (Fsp3) is 0.400. The van der Waals surface area contributed by atoms with Crippen molar-refractivity contribution in [3.05, 3.63) is 28.0 Å². The second kappa shape index (κ2) is 4.55. The van der Waals surface area contributed by atoms with Crippen molar-refractivity contribution in [1.29, 1.82) is 0 Å². The maximum absolute atomic E-state index is 10.8. The molecule has 0 aliphatic carbocycles. The fourth-order valence-corrected chi connectivity index (χ4v) is 1.65. The van der Waals surface area contributed by atoms with Crippen molar-refractivity contribution in [1.82, 2.24) is 4.98 Å². The first-order valence-corrected chi connectivity index (χ1v) is 5.17. The van der Waals surface area contributed by atoms with E-state index in [9.17, 15) is 4.79 Å². The van der Waals surface area contributed by atoms with Crippen LogP contribution >= 0.6 is 15.9 Å². The molecule has 0 saturated heterocycles. The molecule has 0 bridgehead atoms. The maximum Gasteiger partial charge on any atom is 0.354 e. The molecule has 4 heteroatoms. The van der Waals surface area contributed by atoms with Gasteiger partial charge in [-0.15, -0.1) is 0 Å². The Morgan fingerprint density at radius 1 is 1.64 bits per heavy atom. The lowest BCUT2D eigenvalue weighted by atomic mass is 10.0. The van der Waals surface area contributed by atoms with Gasteiger partial charge < -0.3 is 5.11 Å². The third kappa shape index (κ3) is 2.80. The number of carboxylic acid groups (broad SMARTS) is 1. The minimum atomic E-state index is -0.965. The third-order valence-electron chi connectivity index (χ3n) is 1.76. The Bertz CT molecular complexity index is 350. The van der Waals surface area contributed by atoms with Crippen LogP contribution in [0.3, 0.4) is 0 Å². The molecule has 1 heterocycles. The molecule has 1 N–H and O–H groups in total. The summed E-state index contributed by atoms with van der Waals surface area (Å²) in [7, 11) is 0.